The van der Waals surface area contributed by atoms with Gasteiger partial charge in [0, 0.05) is 18.0 Å². The predicted molar refractivity (Wildman–Crippen MR) is 277 cm³/mol. The zero-order valence-corrected chi connectivity index (χ0v) is 39.7. The standard InChI is InChI=1S/C63H59N/c1-60(2,3)39-27-37(28-40(31-39)61(4,5)6)55-44-18-13-14-19-45(44)56(38-29-41(62(7,8)9)32-42(30-38)63(10,11)12)54-34-52-49-24-25-50-57-43(36-17-16-26-64-35-36)20-15-21-46(57)47-22-23-48(58(49)59(47)50)51(52)33-53(54)55/h13-35H,1-12H3. The summed E-state index contributed by atoms with van der Waals surface area (Å²) in [7, 11) is 0. The Morgan fingerprint density at radius 2 is 0.719 bits per heavy atom. The van der Waals surface area contributed by atoms with Crippen molar-refractivity contribution in [3.63, 3.8) is 0 Å². The van der Waals surface area contributed by atoms with Gasteiger partial charge in [-0.05, 0) is 167 Å². The topological polar surface area (TPSA) is 12.9 Å². The van der Waals surface area contributed by atoms with Gasteiger partial charge >= 0.3 is 0 Å². The molecule has 2 aliphatic carbocycles. The van der Waals surface area contributed by atoms with E-state index in [0.29, 0.717) is 0 Å². The normalized spacial score (nSPS) is 13.3. The maximum Gasteiger partial charge on any atom is 0.0346 e. The smallest absolute Gasteiger partial charge is 0.0346 e. The molecular formula is C63H59N. The summed E-state index contributed by atoms with van der Waals surface area (Å²) in [4.78, 5) is 4.52. The molecule has 0 amide bonds. The van der Waals surface area contributed by atoms with Gasteiger partial charge in [-0.3, -0.25) is 4.98 Å². The number of pyridine rings is 1. The Morgan fingerprint density at radius 3 is 1.16 bits per heavy atom. The molecule has 1 aromatic heterocycles. The number of hydrogen-bond donors (Lipinski definition) is 0. The molecule has 1 nitrogen and oxygen atoms in total. The maximum absolute atomic E-state index is 4.52. The van der Waals surface area contributed by atoms with Crippen LogP contribution in [-0.2, 0) is 21.7 Å². The highest BCUT2D eigenvalue weighted by Crippen LogP contribution is 2.59. The lowest BCUT2D eigenvalue weighted by molar-refractivity contribution is 0.568. The zero-order chi connectivity index (χ0) is 44.8. The van der Waals surface area contributed by atoms with Gasteiger partial charge in [0.2, 0.25) is 0 Å². The van der Waals surface area contributed by atoms with E-state index in [1.54, 1.807) is 0 Å². The molecule has 9 aromatic rings. The van der Waals surface area contributed by atoms with Crippen LogP contribution in [0.3, 0.4) is 0 Å². The molecule has 1 heteroatoms. The Bertz CT molecular complexity index is 3230. The minimum Gasteiger partial charge on any atom is -0.264 e. The Kier molecular flexibility index (Phi) is 8.60. The molecule has 11 rings (SSSR count). The van der Waals surface area contributed by atoms with Crippen molar-refractivity contribution in [2.45, 2.75) is 105 Å². The molecular weight excluding hydrogens is 771 g/mol. The lowest BCUT2D eigenvalue weighted by Crippen LogP contribution is -2.16. The summed E-state index contributed by atoms with van der Waals surface area (Å²) < 4.78 is 0. The predicted octanol–water partition coefficient (Wildman–Crippen LogP) is 18.0. The van der Waals surface area contributed by atoms with Crippen molar-refractivity contribution < 1.29 is 0 Å². The van der Waals surface area contributed by atoms with E-state index in [9.17, 15) is 0 Å². The van der Waals surface area contributed by atoms with Gasteiger partial charge in [-0.2, -0.15) is 0 Å². The molecule has 8 aromatic carbocycles. The number of nitrogens with zero attached hydrogens (tertiary/aromatic N) is 1. The molecule has 1 heterocycles. The lowest BCUT2D eigenvalue weighted by atomic mass is 9.76. The maximum atomic E-state index is 4.52. The first-order valence-electron chi connectivity index (χ1n) is 23.3. The van der Waals surface area contributed by atoms with Crippen molar-refractivity contribution in [2.24, 2.45) is 0 Å². The fraction of sp³-hybridized carbons (Fsp3) is 0.254. The van der Waals surface area contributed by atoms with Crippen LogP contribution < -0.4 is 0 Å². The highest BCUT2D eigenvalue weighted by Gasteiger charge is 2.33. The monoisotopic (exact) mass is 829 g/mol. The molecule has 0 saturated carbocycles. The van der Waals surface area contributed by atoms with Crippen molar-refractivity contribution in [1.29, 1.82) is 0 Å². The van der Waals surface area contributed by atoms with Crippen LogP contribution in [0.4, 0.5) is 0 Å². The summed E-state index contributed by atoms with van der Waals surface area (Å²) in [5, 5.41) is 7.94. The molecule has 0 fully saturated rings. The first-order chi connectivity index (χ1) is 30.3. The van der Waals surface area contributed by atoms with Crippen LogP contribution in [0.2, 0.25) is 0 Å². The van der Waals surface area contributed by atoms with Gasteiger partial charge in [-0.25, -0.2) is 0 Å². The largest absolute Gasteiger partial charge is 0.264 e. The molecule has 0 N–H and O–H groups in total. The molecule has 0 saturated heterocycles. The average molecular weight is 830 g/mol. The lowest BCUT2D eigenvalue weighted by Gasteiger charge is -2.28. The molecule has 0 unspecified atom stereocenters. The summed E-state index contributed by atoms with van der Waals surface area (Å²) in [5.74, 6) is 0. The number of fused-ring (bicyclic) bond motifs is 8. The Labute approximate surface area is 380 Å². The first-order valence-corrected chi connectivity index (χ1v) is 23.3. The molecule has 64 heavy (non-hydrogen) atoms. The van der Waals surface area contributed by atoms with Crippen molar-refractivity contribution in [2.75, 3.05) is 0 Å². The van der Waals surface area contributed by atoms with Gasteiger partial charge < -0.3 is 0 Å². The van der Waals surface area contributed by atoms with Crippen molar-refractivity contribution in [3.8, 4) is 77.9 Å². The third-order valence-corrected chi connectivity index (χ3v) is 14.4. The van der Waals surface area contributed by atoms with Gasteiger partial charge in [-0.15, -0.1) is 0 Å². The average Bonchev–Trinajstić information content (AvgIpc) is 3.75. The van der Waals surface area contributed by atoms with Gasteiger partial charge in [0.1, 0.15) is 0 Å². The van der Waals surface area contributed by atoms with Crippen LogP contribution in [0.15, 0.2) is 140 Å². The number of rotatable bonds is 3. The van der Waals surface area contributed by atoms with E-state index in [2.05, 4.69) is 209 Å². The minimum atomic E-state index is -0.0208. The Hall–Kier alpha value is -6.31. The van der Waals surface area contributed by atoms with E-state index >= 15 is 0 Å². The van der Waals surface area contributed by atoms with Crippen LogP contribution in [0.5, 0.6) is 0 Å². The van der Waals surface area contributed by atoms with E-state index in [1.165, 1.54) is 127 Å². The van der Waals surface area contributed by atoms with Crippen molar-refractivity contribution in [1.82, 2.24) is 4.98 Å². The van der Waals surface area contributed by atoms with Gasteiger partial charge in [0.05, 0.1) is 0 Å². The molecule has 0 aliphatic heterocycles. The minimum absolute atomic E-state index is 0.0208. The fourth-order valence-electron chi connectivity index (χ4n) is 10.8. The van der Waals surface area contributed by atoms with Crippen LogP contribution in [-0.4, -0.2) is 4.98 Å². The summed E-state index contributed by atoms with van der Waals surface area (Å²) >= 11 is 0. The molecule has 0 atom stereocenters. The van der Waals surface area contributed by atoms with E-state index in [4.69, 9.17) is 0 Å². The molecule has 0 spiro atoms. The second-order valence-electron chi connectivity index (χ2n) is 22.9. The van der Waals surface area contributed by atoms with Crippen molar-refractivity contribution >= 4 is 32.3 Å². The molecule has 0 radical (unpaired) electrons. The second-order valence-corrected chi connectivity index (χ2v) is 22.9. The highest BCUT2D eigenvalue weighted by atomic mass is 14.6. The highest BCUT2D eigenvalue weighted by molar-refractivity contribution is 6.30. The number of benzene rings is 8. The van der Waals surface area contributed by atoms with Gasteiger partial charge in [-0.1, -0.05) is 192 Å². The zero-order valence-electron chi connectivity index (χ0n) is 39.7. The van der Waals surface area contributed by atoms with E-state index in [-0.39, 0.29) is 21.7 Å². The van der Waals surface area contributed by atoms with Gasteiger partial charge in [0.25, 0.3) is 0 Å². The van der Waals surface area contributed by atoms with Crippen LogP contribution >= 0.6 is 0 Å². The Morgan fingerprint density at radius 1 is 0.297 bits per heavy atom. The quantitative estimate of drug-likeness (QED) is 0.162. The molecule has 2 aliphatic rings. The van der Waals surface area contributed by atoms with Crippen LogP contribution in [0, 0.1) is 0 Å². The third kappa shape index (κ3) is 6.14. The van der Waals surface area contributed by atoms with Crippen LogP contribution in [0.1, 0.15) is 105 Å². The Balaban J connectivity index is 1.28. The molecule has 316 valence electrons. The van der Waals surface area contributed by atoms with Crippen molar-refractivity contribution in [3.05, 3.63) is 162 Å². The summed E-state index contributed by atoms with van der Waals surface area (Å²) in [6.45, 7) is 28.2. The number of hydrogen-bond acceptors (Lipinski definition) is 1. The number of aromatic nitrogens is 1. The fourth-order valence-corrected chi connectivity index (χ4v) is 10.8. The van der Waals surface area contributed by atoms with E-state index in [0.717, 1.165) is 5.56 Å². The van der Waals surface area contributed by atoms with Gasteiger partial charge in [0.15, 0.2) is 0 Å². The summed E-state index contributed by atoms with van der Waals surface area (Å²) in [6, 6.07) is 49.9. The first kappa shape index (κ1) is 40.5. The third-order valence-electron chi connectivity index (χ3n) is 14.4. The van der Waals surface area contributed by atoms with E-state index < -0.39 is 0 Å². The second kappa shape index (κ2) is 13.6. The summed E-state index contributed by atoms with van der Waals surface area (Å²) in [5.41, 5.74) is 23.5. The van der Waals surface area contributed by atoms with E-state index in [1.807, 2.05) is 18.5 Å². The summed E-state index contributed by atoms with van der Waals surface area (Å²) in [6.07, 6.45) is 3.86. The SMILES string of the molecule is CC(C)(C)c1cc(-c2c3ccccc3c(-c3cc(C(C)(C)C)cc(C(C)(C)C)c3)c3cc4c(cc23)-c2ccc3c5c(ccc-4c25)-c2c(-c4cccnc4)cccc2-3)cc(C(C)(C)C)c1. The van der Waals surface area contributed by atoms with Crippen LogP contribution in [0.25, 0.3) is 110 Å². The molecule has 0 bridgehead atoms.